The largest absolute Gasteiger partial charge is 0.358 e. The molecule has 2 atom stereocenters. The van der Waals surface area contributed by atoms with Gasteiger partial charge in [-0.25, -0.2) is 4.98 Å². The van der Waals surface area contributed by atoms with Crippen LogP contribution in [0.25, 0.3) is 11.5 Å². The minimum absolute atomic E-state index is 0.115. The minimum atomic E-state index is -3.85. The SMILES string of the molecule is CCOP(=O)(O)c1ccc(C(C)NC(=O)c2cnc(-c3ccccn3)[nH]c2=O)cc1. The zero-order valence-electron chi connectivity index (χ0n) is 16.4. The van der Waals surface area contributed by atoms with Gasteiger partial charge in [-0.2, -0.15) is 0 Å². The molecule has 0 saturated heterocycles. The first-order valence-corrected chi connectivity index (χ1v) is 10.8. The minimum Gasteiger partial charge on any atom is -0.345 e. The quantitative estimate of drug-likeness (QED) is 0.491. The van der Waals surface area contributed by atoms with E-state index in [2.05, 4.69) is 20.3 Å². The molecule has 2 unspecified atom stereocenters. The first-order valence-electron chi connectivity index (χ1n) is 9.21. The highest BCUT2D eigenvalue weighted by Crippen LogP contribution is 2.40. The summed E-state index contributed by atoms with van der Waals surface area (Å²) < 4.78 is 16.9. The van der Waals surface area contributed by atoms with Crippen LogP contribution in [-0.4, -0.2) is 32.4 Å². The zero-order chi connectivity index (χ0) is 21.7. The molecular formula is C20H21N4O5P. The van der Waals surface area contributed by atoms with Gasteiger partial charge in [0.25, 0.3) is 11.5 Å². The van der Waals surface area contributed by atoms with Crippen LogP contribution in [0.5, 0.6) is 0 Å². The molecule has 0 fully saturated rings. The van der Waals surface area contributed by atoms with Crippen LogP contribution in [0.4, 0.5) is 0 Å². The molecule has 9 nitrogen and oxygen atoms in total. The number of nitrogens with one attached hydrogen (secondary N) is 2. The summed E-state index contributed by atoms with van der Waals surface area (Å²) >= 11 is 0. The van der Waals surface area contributed by atoms with Gasteiger partial charge in [0.15, 0.2) is 5.82 Å². The first kappa shape index (κ1) is 21.6. The van der Waals surface area contributed by atoms with E-state index in [1.165, 1.54) is 18.3 Å². The summed E-state index contributed by atoms with van der Waals surface area (Å²) in [7, 11) is -3.85. The maximum atomic E-state index is 12.5. The normalized spacial score (nSPS) is 14.0. The molecule has 3 N–H and O–H groups in total. The summed E-state index contributed by atoms with van der Waals surface area (Å²) in [4.78, 5) is 45.5. The predicted molar refractivity (Wildman–Crippen MR) is 111 cm³/mol. The lowest BCUT2D eigenvalue weighted by atomic mass is 10.1. The topological polar surface area (TPSA) is 134 Å². The summed E-state index contributed by atoms with van der Waals surface area (Å²) in [6.45, 7) is 3.48. The fourth-order valence-corrected chi connectivity index (χ4v) is 3.77. The molecule has 0 radical (unpaired) electrons. The lowest BCUT2D eigenvalue weighted by Gasteiger charge is -2.16. The molecular weight excluding hydrogens is 407 g/mol. The van der Waals surface area contributed by atoms with E-state index < -0.39 is 25.1 Å². The van der Waals surface area contributed by atoms with Crippen LogP contribution < -0.4 is 16.2 Å². The highest BCUT2D eigenvalue weighted by Gasteiger charge is 2.22. The fraction of sp³-hybridized carbons (Fsp3) is 0.200. The van der Waals surface area contributed by atoms with Gasteiger partial charge in [0.1, 0.15) is 11.3 Å². The van der Waals surface area contributed by atoms with Crippen LogP contribution in [0.2, 0.25) is 0 Å². The zero-order valence-corrected chi connectivity index (χ0v) is 17.3. The molecule has 3 aromatic rings. The molecule has 0 bridgehead atoms. The smallest absolute Gasteiger partial charge is 0.345 e. The van der Waals surface area contributed by atoms with E-state index in [9.17, 15) is 19.0 Å². The average Bonchev–Trinajstić information content (AvgIpc) is 2.74. The first-order chi connectivity index (χ1) is 14.3. The lowest BCUT2D eigenvalue weighted by molar-refractivity contribution is 0.0938. The number of benzene rings is 1. The van der Waals surface area contributed by atoms with Crippen molar-refractivity contribution in [2.24, 2.45) is 0 Å². The van der Waals surface area contributed by atoms with Crippen molar-refractivity contribution in [2.75, 3.05) is 6.61 Å². The van der Waals surface area contributed by atoms with Crippen molar-refractivity contribution in [3.63, 3.8) is 0 Å². The highest BCUT2D eigenvalue weighted by molar-refractivity contribution is 7.61. The number of aromatic nitrogens is 3. The van der Waals surface area contributed by atoms with Crippen LogP contribution in [0.1, 0.15) is 35.8 Å². The van der Waals surface area contributed by atoms with Crippen molar-refractivity contribution in [1.82, 2.24) is 20.3 Å². The van der Waals surface area contributed by atoms with Crippen molar-refractivity contribution in [1.29, 1.82) is 0 Å². The van der Waals surface area contributed by atoms with Crippen molar-refractivity contribution in [3.8, 4) is 11.5 Å². The second-order valence-corrected chi connectivity index (χ2v) is 8.23. The van der Waals surface area contributed by atoms with E-state index in [1.54, 1.807) is 50.4 Å². The van der Waals surface area contributed by atoms with E-state index in [-0.39, 0.29) is 23.3 Å². The van der Waals surface area contributed by atoms with Crippen LogP contribution in [0, 0.1) is 0 Å². The molecule has 30 heavy (non-hydrogen) atoms. The van der Waals surface area contributed by atoms with Crippen molar-refractivity contribution in [2.45, 2.75) is 19.9 Å². The van der Waals surface area contributed by atoms with Gasteiger partial charge >= 0.3 is 7.60 Å². The Labute approximate surface area is 172 Å². The molecule has 1 aromatic carbocycles. The number of hydrogen-bond acceptors (Lipinski definition) is 6. The number of rotatable bonds is 7. The van der Waals surface area contributed by atoms with Gasteiger partial charge in [-0.05, 0) is 43.7 Å². The van der Waals surface area contributed by atoms with Gasteiger partial charge in [-0.15, -0.1) is 0 Å². The van der Waals surface area contributed by atoms with Gasteiger partial charge < -0.3 is 19.7 Å². The molecule has 3 rings (SSSR count). The third-order valence-electron chi connectivity index (χ3n) is 4.32. The maximum absolute atomic E-state index is 12.5. The molecule has 0 saturated carbocycles. The molecule has 0 aliphatic rings. The third-order valence-corrected chi connectivity index (χ3v) is 5.88. The van der Waals surface area contributed by atoms with E-state index in [1.807, 2.05) is 0 Å². The van der Waals surface area contributed by atoms with Gasteiger partial charge in [0.05, 0.1) is 18.0 Å². The van der Waals surface area contributed by atoms with E-state index in [4.69, 9.17) is 4.52 Å². The maximum Gasteiger partial charge on any atom is 0.358 e. The number of carbonyl (C=O) groups is 1. The summed E-state index contributed by atoms with van der Waals surface area (Å²) in [5.74, 6) is -0.321. The highest BCUT2D eigenvalue weighted by atomic mass is 31.2. The molecule has 0 spiro atoms. The number of hydrogen-bond donors (Lipinski definition) is 3. The van der Waals surface area contributed by atoms with Gasteiger partial charge in [0, 0.05) is 12.4 Å². The van der Waals surface area contributed by atoms with Crippen LogP contribution in [-0.2, 0) is 9.09 Å². The second-order valence-electron chi connectivity index (χ2n) is 6.41. The van der Waals surface area contributed by atoms with E-state index >= 15 is 0 Å². The number of amides is 1. The van der Waals surface area contributed by atoms with Gasteiger partial charge in [-0.3, -0.25) is 19.1 Å². The van der Waals surface area contributed by atoms with Crippen LogP contribution >= 0.6 is 7.60 Å². The molecule has 1 amide bonds. The number of carbonyl (C=O) groups excluding carboxylic acids is 1. The lowest BCUT2D eigenvalue weighted by Crippen LogP contribution is -2.32. The number of pyridine rings is 1. The number of aromatic amines is 1. The fourth-order valence-electron chi connectivity index (χ4n) is 2.75. The van der Waals surface area contributed by atoms with Crippen LogP contribution in [0.3, 0.4) is 0 Å². The molecule has 10 heteroatoms. The summed E-state index contributed by atoms with van der Waals surface area (Å²) in [6, 6.07) is 10.9. The van der Waals surface area contributed by atoms with Crippen molar-refractivity contribution >= 4 is 18.8 Å². The number of nitrogens with zero attached hydrogens (tertiary/aromatic N) is 2. The Balaban J connectivity index is 1.73. The van der Waals surface area contributed by atoms with Crippen molar-refractivity contribution in [3.05, 3.63) is 76.3 Å². The van der Waals surface area contributed by atoms with Gasteiger partial charge in [-0.1, -0.05) is 18.2 Å². The molecule has 0 aliphatic carbocycles. The Morgan fingerprint density at radius 2 is 1.97 bits per heavy atom. The molecule has 2 aromatic heterocycles. The Morgan fingerprint density at radius 3 is 2.57 bits per heavy atom. The van der Waals surface area contributed by atoms with E-state index in [0.29, 0.717) is 11.3 Å². The summed E-state index contributed by atoms with van der Waals surface area (Å²) in [6.07, 6.45) is 2.78. The summed E-state index contributed by atoms with van der Waals surface area (Å²) in [5.41, 5.74) is 0.472. The molecule has 0 aliphatic heterocycles. The molecule has 156 valence electrons. The van der Waals surface area contributed by atoms with Crippen molar-refractivity contribution < 1.29 is 18.8 Å². The Kier molecular flexibility index (Phi) is 6.56. The summed E-state index contributed by atoms with van der Waals surface area (Å²) in [5, 5.41) is 2.88. The second kappa shape index (κ2) is 9.13. The van der Waals surface area contributed by atoms with Gasteiger partial charge in [0.2, 0.25) is 0 Å². The monoisotopic (exact) mass is 428 g/mol. The Morgan fingerprint density at radius 1 is 1.23 bits per heavy atom. The van der Waals surface area contributed by atoms with Crippen LogP contribution in [0.15, 0.2) is 59.7 Å². The average molecular weight is 428 g/mol. The number of H-pyrrole nitrogens is 1. The van der Waals surface area contributed by atoms with E-state index in [0.717, 1.165) is 0 Å². The standard InChI is InChI=1S/C20H21N4O5P/c1-3-29-30(27,28)15-9-7-14(8-10-15)13(2)23-19(25)16-12-22-18(24-20(16)26)17-6-4-5-11-21-17/h4-13H,3H2,1-2H3,(H,23,25)(H,27,28)(H,22,24,26). The molecule has 2 heterocycles. The third kappa shape index (κ3) is 4.88. The Hall–Kier alpha value is -3.13. The predicted octanol–water partition coefficient (Wildman–Crippen LogP) is 2.17. The Bertz CT molecular complexity index is 1130.